The number of hydrogen-bond donors (Lipinski definition) is 2. The maximum Gasteiger partial charge on any atom is 0.323 e. The van der Waals surface area contributed by atoms with Gasteiger partial charge in [0.25, 0.3) is 5.56 Å². The molecular weight excluding hydrogens is 352 g/mol. The molecule has 3 aromatic heterocycles. The Bertz CT molecular complexity index is 990. The molecule has 0 amide bonds. The predicted octanol–water partition coefficient (Wildman–Crippen LogP) is 1.94. The molecule has 0 bridgehead atoms. The van der Waals surface area contributed by atoms with Gasteiger partial charge in [0.2, 0.25) is 0 Å². The Morgan fingerprint density at radius 3 is 3.00 bits per heavy atom. The van der Waals surface area contributed by atoms with E-state index in [9.17, 15) is 9.59 Å². The number of aromatic amines is 1. The van der Waals surface area contributed by atoms with Crippen LogP contribution >= 0.6 is 11.3 Å². The molecule has 0 saturated carbocycles. The van der Waals surface area contributed by atoms with Crippen molar-refractivity contribution in [1.29, 1.82) is 0 Å². The van der Waals surface area contributed by atoms with E-state index in [-0.39, 0.29) is 12.1 Å². The largest absolute Gasteiger partial charge is 0.480 e. The van der Waals surface area contributed by atoms with E-state index in [1.807, 2.05) is 29.6 Å². The second-order valence-corrected chi connectivity index (χ2v) is 7.25. The molecule has 7 nitrogen and oxygen atoms in total. The molecule has 3 aromatic rings. The lowest BCUT2D eigenvalue weighted by molar-refractivity contribution is -0.137. The van der Waals surface area contributed by atoms with Crippen molar-refractivity contribution in [3.63, 3.8) is 0 Å². The smallest absolute Gasteiger partial charge is 0.323 e. The van der Waals surface area contributed by atoms with Crippen molar-refractivity contribution < 1.29 is 9.90 Å². The highest BCUT2D eigenvalue weighted by atomic mass is 32.1. The molecule has 0 fully saturated rings. The summed E-state index contributed by atoms with van der Waals surface area (Å²) in [6.07, 6.45) is 2.47. The number of nitrogens with one attached hydrogen (secondary N) is 1. The number of carboxylic acid groups (broad SMARTS) is 1. The summed E-state index contributed by atoms with van der Waals surface area (Å²) in [6.45, 7) is 1.84. The van der Waals surface area contributed by atoms with Crippen molar-refractivity contribution >= 4 is 17.3 Å². The fraction of sp³-hybridized carbons (Fsp3) is 0.278. The molecule has 0 unspecified atom stereocenters. The van der Waals surface area contributed by atoms with E-state index in [1.54, 1.807) is 22.1 Å². The number of fused-ring (bicyclic) bond motifs is 1. The Labute approximate surface area is 153 Å². The van der Waals surface area contributed by atoms with E-state index in [0.29, 0.717) is 30.9 Å². The van der Waals surface area contributed by atoms with Crippen LogP contribution in [0.5, 0.6) is 0 Å². The maximum absolute atomic E-state index is 12.5. The summed E-state index contributed by atoms with van der Waals surface area (Å²) in [4.78, 5) is 34.1. The Kier molecular flexibility index (Phi) is 4.44. The summed E-state index contributed by atoms with van der Waals surface area (Å²) < 4.78 is 1.72. The monoisotopic (exact) mass is 370 g/mol. The van der Waals surface area contributed by atoms with Crippen LogP contribution in [0.3, 0.4) is 0 Å². The van der Waals surface area contributed by atoms with Gasteiger partial charge in [-0.25, -0.2) is 4.98 Å². The van der Waals surface area contributed by atoms with Gasteiger partial charge < -0.3 is 14.7 Å². The van der Waals surface area contributed by atoms with E-state index in [0.717, 1.165) is 22.8 Å². The van der Waals surface area contributed by atoms with Gasteiger partial charge in [0.1, 0.15) is 6.54 Å². The van der Waals surface area contributed by atoms with Crippen LogP contribution in [0.15, 0.2) is 40.6 Å². The number of nitrogens with zero attached hydrogens (tertiary/aromatic N) is 3. The van der Waals surface area contributed by atoms with Gasteiger partial charge in [-0.05, 0) is 23.6 Å². The Morgan fingerprint density at radius 2 is 2.23 bits per heavy atom. The highest BCUT2D eigenvalue weighted by Crippen LogP contribution is 2.23. The first-order valence-corrected chi connectivity index (χ1v) is 9.22. The molecule has 0 aliphatic carbocycles. The average molecular weight is 370 g/mol. The van der Waals surface area contributed by atoms with E-state index < -0.39 is 5.97 Å². The van der Waals surface area contributed by atoms with E-state index in [2.05, 4.69) is 14.9 Å². The summed E-state index contributed by atoms with van der Waals surface area (Å²) in [6, 6.07) is 7.65. The number of carbonyl (C=O) groups is 1. The standard InChI is InChI=1S/C18H18N4O3S/c23-16(24)11-22-6-1-3-12(22)9-21-7-5-14-13(10-21)18(25)20-17(19-14)15-4-2-8-26-15/h1-4,6,8H,5,7,9-11H2,(H,23,24)(H,19,20,25). The first kappa shape index (κ1) is 16.7. The topological polar surface area (TPSA) is 91.2 Å². The van der Waals surface area contributed by atoms with Crippen LogP contribution in [0.2, 0.25) is 0 Å². The molecule has 0 spiro atoms. The van der Waals surface area contributed by atoms with E-state index in [4.69, 9.17) is 5.11 Å². The minimum Gasteiger partial charge on any atom is -0.480 e. The SMILES string of the molecule is O=C(O)Cn1cccc1CN1CCc2nc(-c3cccs3)[nH]c(=O)c2C1. The molecule has 4 rings (SSSR count). The van der Waals surface area contributed by atoms with E-state index >= 15 is 0 Å². The Morgan fingerprint density at radius 1 is 1.35 bits per heavy atom. The van der Waals surface area contributed by atoms with Crippen LogP contribution in [0.4, 0.5) is 0 Å². The van der Waals surface area contributed by atoms with Gasteiger partial charge in [0.15, 0.2) is 5.82 Å². The maximum atomic E-state index is 12.5. The quantitative estimate of drug-likeness (QED) is 0.716. The first-order valence-electron chi connectivity index (χ1n) is 8.34. The number of aromatic nitrogens is 3. The summed E-state index contributed by atoms with van der Waals surface area (Å²) in [5.41, 5.74) is 2.39. The number of carboxylic acids is 1. The highest BCUT2D eigenvalue weighted by Gasteiger charge is 2.22. The fourth-order valence-corrected chi connectivity index (χ4v) is 3.94. The summed E-state index contributed by atoms with van der Waals surface area (Å²) in [7, 11) is 0. The predicted molar refractivity (Wildman–Crippen MR) is 98.1 cm³/mol. The van der Waals surface area contributed by atoms with Crippen molar-refractivity contribution in [3.8, 4) is 10.7 Å². The third kappa shape index (κ3) is 3.33. The molecule has 2 N–H and O–H groups in total. The van der Waals surface area contributed by atoms with Crippen molar-refractivity contribution in [1.82, 2.24) is 19.4 Å². The third-order valence-electron chi connectivity index (χ3n) is 4.52. The number of hydrogen-bond acceptors (Lipinski definition) is 5. The number of thiophene rings is 1. The molecule has 0 saturated heterocycles. The zero-order chi connectivity index (χ0) is 18.1. The lowest BCUT2D eigenvalue weighted by Crippen LogP contribution is -2.36. The Hall–Kier alpha value is -2.71. The molecule has 8 heteroatoms. The van der Waals surface area contributed by atoms with Gasteiger partial charge in [-0.1, -0.05) is 6.07 Å². The summed E-state index contributed by atoms with van der Waals surface area (Å²) >= 11 is 1.55. The minimum absolute atomic E-state index is 0.0565. The van der Waals surface area contributed by atoms with Gasteiger partial charge in [-0.2, -0.15) is 0 Å². The third-order valence-corrected chi connectivity index (χ3v) is 5.39. The molecule has 1 aliphatic rings. The van der Waals surface area contributed by atoms with E-state index in [1.165, 1.54) is 0 Å². The minimum atomic E-state index is -0.867. The van der Waals surface area contributed by atoms with Crippen molar-refractivity contribution in [2.45, 2.75) is 26.1 Å². The molecule has 0 radical (unpaired) electrons. The lowest BCUT2D eigenvalue weighted by Gasteiger charge is -2.28. The lowest BCUT2D eigenvalue weighted by atomic mass is 10.1. The van der Waals surface area contributed by atoms with Gasteiger partial charge in [0, 0.05) is 37.9 Å². The molecular formula is C18H18N4O3S. The van der Waals surface area contributed by atoms with Gasteiger partial charge in [0.05, 0.1) is 16.1 Å². The second kappa shape index (κ2) is 6.89. The zero-order valence-corrected chi connectivity index (χ0v) is 14.8. The van der Waals surface area contributed by atoms with Crippen LogP contribution in [-0.2, 0) is 30.8 Å². The van der Waals surface area contributed by atoms with Crippen molar-refractivity contribution in [2.75, 3.05) is 6.54 Å². The van der Waals surface area contributed by atoms with Gasteiger partial charge in [-0.15, -0.1) is 11.3 Å². The van der Waals surface area contributed by atoms with Crippen LogP contribution in [0.1, 0.15) is 17.0 Å². The van der Waals surface area contributed by atoms with Gasteiger partial charge >= 0.3 is 5.97 Å². The van der Waals surface area contributed by atoms with Crippen LogP contribution < -0.4 is 5.56 Å². The fourth-order valence-electron chi connectivity index (χ4n) is 3.27. The molecule has 0 aromatic carbocycles. The van der Waals surface area contributed by atoms with Crippen LogP contribution in [-0.4, -0.2) is 37.1 Å². The van der Waals surface area contributed by atoms with Gasteiger partial charge in [-0.3, -0.25) is 14.5 Å². The zero-order valence-electron chi connectivity index (χ0n) is 14.0. The molecule has 0 atom stereocenters. The van der Waals surface area contributed by atoms with Crippen molar-refractivity contribution in [3.05, 3.63) is 63.1 Å². The van der Waals surface area contributed by atoms with Crippen molar-refractivity contribution in [2.24, 2.45) is 0 Å². The second-order valence-electron chi connectivity index (χ2n) is 6.30. The van der Waals surface area contributed by atoms with Crippen LogP contribution in [0.25, 0.3) is 10.7 Å². The first-order chi connectivity index (χ1) is 12.6. The number of H-pyrrole nitrogens is 1. The number of rotatable bonds is 5. The summed E-state index contributed by atoms with van der Waals surface area (Å²) in [5, 5.41) is 11.0. The molecule has 134 valence electrons. The number of aliphatic carboxylic acids is 1. The van der Waals surface area contributed by atoms with Crippen LogP contribution in [0, 0.1) is 0 Å². The Balaban J connectivity index is 1.54. The molecule has 1 aliphatic heterocycles. The normalized spacial score (nSPS) is 14.3. The summed E-state index contributed by atoms with van der Waals surface area (Å²) in [5.74, 6) is -0.235. The average Bonchev–Trinajstić information content (AvgIpc) is 3.27. The highest BCUT2D eigenvalue weighted by molar-refractivity contribution is 7.13. The molecule has 26 heavy (non-hydrogen) atoms. The molecule has 4 heterocycles.